The zero-order valence-electron chi connectivity index (χ0n) is 41.0. The molecular formula is C51H64O24. The molecule has 10 N–H and O–H groups in total. The van der Waals surface area contributed by atoms with Gasteiger partial charge in [-0.25, -0.2) is 9.59 Å². The molecule has 0 aromatic heterocycles. The molecule has 3 aromatic rings. The second kappa shape index (κ2) is 26.9. The summed E-state index contributed by atoms with van der Waals surface area (Å²) in [6.45, 7) is 1.64. The third kappa shape index (κ3) is 15.5. The van der Waals surface area contributed by atoms with Crippen LogP contribution in [0.1, 0.15) is 50.3 Å². The second-order valence-electron chi connectivity index (χ2n) is 18.5. The van der Waals surface area contributed by atoms with Crippen LogP contribution in [0.5, 0.6) is 11.5 Å². The van der Waals surface area contributed by atoms with E-state index in [9.17, 15) is 70.2 Å². The highest BCUT2D eigenvalue weighted by Gasteiger charge is 2.54. The van der Waals surface area contributed by atoms with Crippen LogP contribution < -0.4 is 9.47 Å². The monoisotopic (exact) mass is 1060 g/mol. The van der Waals surface area contributed by atoms with Gasteiger partial charge < -0.3 is 98.4 Å². The lowest BCUT2D eigenvalue weighted by atomic mass is 9.88. The fraction of sp³-hybridized carbons (Fsp3) is 0.529. The van der Waals surface area contributed by atoms with Gasteiger partial charge in [0.15, 0.2) is 18.0 Å². The molecule has 75 heavy (non-hydrogen) atoms. The lowest BCUT2D eigenvalue weighted by Gasteiger charge is -2.44. The Bertz CT molecular complexity index is 2330. The van der Waals surface area contributed by atoms with Gasteiger partial charge in [-0.1, -0.05) is 68.4 Å². The van der Waals surface area contributed by atoms with Crippen molar-refractivity contribution in [3.05, 3.63) is 102 Å². The largest absolute Gasteiger partial charge is 0.463 e. The average molecular weight is 1060 g/mol. The predicted octanol–water partition coefficient (Wildman–Crippen LogP) is -1.34. The average Bonchev–Trinajstić information content (AvgIpc) is 3.39. The highest BCUT2D eigenvalue weighted by atomic mass is 16.7. The van der Waals surface area contributed by atoms with Gasteiger partial charge in [-0.15, -0.1) is 0 Å². The van der Waals surface area contributed by atoms with E-state index in [0.29, 0.717) is 16.7 Å². The van der Waals surface area contributed by atoms with Crippen molar-refractivity contribution in [2.24, 2.45) is 5.92 Å². The molecule has 0 radical (unpaired) electrons. The smallest absolute Gasteiger partial charge is 0.339 e. The van der Waals surface area contributed by atoms with Gasteiger partial charge in [0.2, 0.25) is 12.6 Å². The summed E-state index contributed by atoms with van der Waals surface area (Å²) in [5.74, 6) is -4.17. The van der Waals surface area contributed by atoms with Crippen LogP contribution in [0.25, 0.3) is 6.08 Å². The molecule has 3 aromatic carbocycles. The van der Waals surface area contributed by atoms with Gasteiger partial charge in [-0.2, -0.15) is 0 Å². The number of hydrogen-bond acceptors (Lipinski definition) is 24. The first-order valence-corrected chi connectivity index (χ1v) is 23.9. The van der Waals surface area contributed by atoms with Crippen LogP contribution in [0.15, 0.2) is 84.9 Å². The van der Waals surface area contributed by atoms with Crippen LogP contribution in [-0.2, 0) is 70.3 Å². The minimum Gasteiger partial charge on any atom is -0.463 e. The van der Waals surface area contributed by atoms with Gasteiger partial charge in [0, 0.05) is 13.0 Å². The molecule has 0 bridgehead atoms. The maximum Gasteiger partial charge on any atom is 0.339 e. The van der Waals surface area contributed by atoms with Gasteiger partial charge in [-0.3, -0.25) is 9.59 Å². The Kier molecular flexibility index (Phi) is 21.0. The van der Waals surface area contributed by atoms with E-state index < -0.39 is 160 Å². The first-order valence-electron chi connectivity index (χ1n) is 23.9. The quantitative estimate of drug-likeness (QED) is 0.0316. The molecule has 24 nitrogen and oxygen atoms in total. The summed E-state index contributed by atoms with van der Waals surface area (Å²) in [6.07, 6.45) is -23.2. The van der Waals surface area contributed by atoms with E-state index in [1.165, 1.54) is 54.6 Å². The Morgan fingerprint density at radius 2 is 1.09 bits per heavy atom. The zero-order chi connectivity index (χ0) is 54.6. The molecule has 0 spiro atoms. The summed E-state index contributed by atoms with van der Waals surface area (Å²) in [4.78, 5) is 53.6. The third-order valence-electron chi connectivity index (χ3n) is 12.3. The normalized spacial score (nSPS) is 30.7. The van der Waals surface area contributed by atoms with Crippen LogP contribution in [0.3, 0.4) is 0 Å². The van der Waals surface area contributed by atoms with Crippen molar-refractivity contribution in [2.45, 2.75) is 145 Å². The van der Waals surface area contributed by atoms with Crippen LogP contribution in [0, 0.1) is 5.92 Å². The van der Waals surface area contributed by atoms with E-state index in [1.807, 2.05) is 0 Å². The molecule has 3 heterocycles. The Morgan fingerprint density at radius 1 is 0.600 bits per heavy atom. The summed E-state index contributed by atoms with van der Waals surface area (Å²) in [7, 11) is 0. The number of esters is 4. The number of ether oxygens (including phenoxy) is 10. The minimum absolute atomic E-state index is 0.104. The van der Waals surface area contributed by atoms with Gasteiger partial charge in [0.05, 0.1) is 19.6 Å². The van der Waals surface area contributed by atoms with Crippen molar-refractivity contribution < 1.29 is 118 Å². The Labute approximate surface area is 430 Å². The van der Waals surface area contributed by atoms with E-state index in [-0.39, 0.29) is 24.5 Å². The molecule has 0 unspecified atom stereocenters. The van der Waals surface area contributed by atoms with Gasteiger partial charge in [0.1, 0.15) is 98.5 Å². The summed E-state index contributed by atoms with van der Waals surface area (Å²) >= 11 is 0. The Hall–Kier alpha value is -5.68. The molecule has 3 saturated heterocycles. The number of carbonyl (C=O) groups is 4. The molecular weight excluding hydrogens is 997 g/mol. The molecule has 0 saturated carbocycles. The minimum atomic E-state index is -2.36. The van der Waals surface area contributed by atoms with Gasteiger partial charge >= 0.3 is 23.9 Å². The summed E-state index contributed by atoms with van der Waals surface area (Å²) in [6, 6.07) is 20.2. The first-order chi connectivity index (χ1) is 35.7. The van der Waals surface area contributed by atoms with E-state index in [0.717, 1.165) is 13.0 Å². The molecule has 16 atom stereocenters. The molecule has 3 fully saturated rings. The number of hydrogen-bond donors (Lipinski definition) is 10. The van der Waals surface area contributed by atoms with Crippen molar-refractivity contribution in [3.63, 3.8) is 0 Å². The SMILES string of the molecule is CC(=O)OC[C@H]1O[C@@H](O[C@@](CC(=O)OCc2ccc(O[C@H]3O[C@H](CO)[C@H](O)[C@H](O)[C@@H]3O)cc2)(CC(C)C)C(=O)OCc2ccc(O[C@H]3O[C@@H](CO)[C@H](O)[C@H](O)[C@H]3O)cc2)[C@H](O)[C@@H](O)[C@H]1OC(=O)C=Cc1ccccc1. The second-order valence-corrected chi connectivity index (χ2v) is 18.5. The lowest BCUT2D eigenvalue weighted by molar-refractivity contribution is -0.328. The van der Waals surface area contributed by atoms with Gasteiger partial charge in [-0.05, 0) is 59.4 Å². The standard InChI is InChI=1S/C51H64O24/c1-26(2)19-51(50(65)68-24-30-11-16-32(17-12-30)70-48-44(63)41(60)39(58)34(22-53)72-48,20-37(56)67-23-29-9-14-31(15-10-29)69-47-43(62)40(59)38(57)33(21-52)71-47)75-49-45(64)42(61)46(35(73-49)25-66-27(3)54)74-36(55)18-13-28-7-5-4-6-8-28/h4-18,26,33-35,38-49,52-53,57-64H,19-25H2,1-3H3/t33-,34+,35-,38+,39+,40+,41+,42-,43+,44-,45-,46+,47+,48+,49+,51-/m1/s1. The number of benzene rings is 3. The van der Waals surface area contributed by atoms with E-state index >= 15 is 0 Å². The topological polar surface area (TPSA) is 363 Å². The lowest BCUT2D eigenvalue weighted by Crippen LogP contribution is -2.63. The highest BCUT2D eigenvalue weighted by Crippen LogP contribution is 2.36. The molecule has 0 amide bonds. The predicted molar refractivity (Wildman–Crippen MR) is 252 cm³/mol. The van der Waals surface area contributed by atoms with Crippen molar-refractivity contribution in [1.29, 1.82) is 0 Å². The van der Waals surface area contributed by atoms with Crippen LogP contribution in [-0.4, -0.2) is 192 Å². The Morgan fingerprint density at radius 3 is 1.59 bits per heavy atom. The van der Waals surface area contributed by atoms with E-state index in [1.54, 1.807) is 44.2 Å². The van der Waals surface area contributed by atoms with Crippen molar-refractivity contribution in [2.75, 3.05) is 19.8 Å². The molecule has 6 rings (SSSR count). The van der Waals surface area contributed by atoms with Crippen molar-refractivity contribution in [3.8, 4) is 11.5 Å². The summed E-state index contributed by atoms with van der Waals surface area (Å²) in [5.41, 5.74) is -0.980. The number of rotatable bonds is 22. The zero-order valence-corrected chi connectivity index (χ0v) is 41.0. The Balaban J connectivity index is 1.21. The van der Waals surface area contributed by atoms with Crippen LogP contribution in [0.2, 0.25) is 0 Å². The first kappa shape index (κ1) is 58.6. The van der Waals surface area contributed by atoms with E-state index in [2.05, 4.69) is 0 Å². The fourth-order valence-electron chi connectivity index (χ4n) is 8.29. The van der Waals surface area contributed by atoms with Crippen LogP contribution >= 0.6 is 0 Å². The van der Waals surface area contributed by atoms with Crippen molar-refractivity contribution >= 4 is 30.0 Å². The number of aliphatic hydroxyl groups is 10. The maximum atomic E-state index is 14.6. The van der Waals surface area contributed by atoms with E-state index in [4.69, 9.17) is 47.4 Å². The van der Waals surface area contributed by atoms with Crippen molar-refractivity contribution in [1.82, 2.24) is 0 Å². The summed E-state index contributed by atoms with van der Waals surface area (Å²) < 4.78 is 56.5. The molecule has 3 aliphatic heterocycles. The summed E-state index contributed by atoms with van der Waals surface area (Å²) in [5, 5.41) is 104. The number of aliphatic hydroxyl groups excluding tert-OH is 10. The van der Waals surface area contributed by atoms with Gasteiger partial charge in [0.25, 0.3) is 0 Å². The molecule has 0 aliphatic carbocycles. The molecule has 24 heteroatoms. The molecule has 412 valence electrons. The molecule has 3 aliphatic rings. The van der Waals surface area contributed by atoms with Crippen LogP contribution in [0.4, 0.5) is 0 Å². The highest BCUT2D eigenvalue weighted by molar-refractivity contribution is 5.87. The maximum absolute atomic E-state index is 14.6. The number of carbonyl (C=O) groups excluding carboxylic acids is 4. The fourth-order valence-corrected chi connectivity index (χ4v) is 8.29. The third-order valence-corrected chi connectivity index (χ3v) is 12.3.